The van der Waals surface area contributed by atoms with Gasteiger partial charge < -0.3 is 9.32 Å². The molecule has 5 heteroatoms. The lowest BCUT2D eigenvalue weighted by Crippen LogP contribution is -2.20. The summed E-state index contributed by atoms with van der Waals surface area (Å²) in [7, 11) is 2.04. The molecule has 0 saturated carbocycles. The number of halogens is 3. The molecule has 0 radical (unpaired) electrons. The summed E-state index contributed by atoms with van der Waals surface area (Å²) < 4.78 is 43.6. The molecule has 0 unspecified atom stereocenters. The molecule has 0 aliphatic carbocycles. The molecule has 2 heterocycles. The summed E-state index contributed by atoms with van der Waals surface area (Å²) >= 11 is 0. The van der Waals surface area contributed by atoms with Gasteiger partial charge in [-0.25, -0.2) is 0 Å². The van der Waals surface area contributed by atoms with Crippen LogP contribution in [0.1, 0.15) is 16.9 Å². The molecular weight excluding hydrogens is 255 g/mol. The Balaban J connectivity index is 2.09. The van der Waals surface area contributed by atoms with E-state index in [1.165, 1.54) is 6.07 Å². The molecule has 102 valence electrons. The highest BCUT2D eigenvalue weighted by Gasteiger charge is 2.31. The fourth-order valence-electron chi connectivity index (χ4n) is 2.56. The van der Waals surface area contributed by atoms with Crippen LogP contribution in [0.5, 0.6) is 0 Å². The molecule has 2 nitrogen and oxygen atoms in total. The number of alkyl halides is 3. The van der Waals surface area contributed by atoms with E-state index >= 15 is 0 Å². The standard InChI is InChI=1S/C14H14F3NO/c1-18-6-4-11-10-3-2-9(14(15,16)17)8-13(10)19-12(11)5-7-18/h2-3,8H,4-7H2,1H3. The fraction of sp³-hybridized carbons (Fsp3) is 0.429. The highest BCUT2D eigenvalue weighted by Crippen LogP contribution is 2.35. The molecular formula is C14H14F3NO. The smallest absolute Gasteiger partial charge is 0.416 e. The topological polar surface area (TPSA) is 16.4 Å². The summed E-state index contributed by atoms with van der Waals surface area (Å²) in [5.41, 5.74) is 0.762. The van der Waals surface area contributed by atoms with Crippen molar-refractivity contribution in [2.45, 2.75) is 19.0 Å². The number of fused-ring (bicyclic) bond motifs is 3. The van der Waals surface area contributed by atoms with Crippen molar-refractivity contribution >= 4 is 11.0 Å². The SMILES string of the molecule is CN1CCc2oc3cc(C(F)(F)F)ccc3c2CC1. The maximum absolute atomic E-state index is 12.7. The first kappa shape index (κ1) is 12.5. The summed E-state index contributed by atoms with van der Waals surface area (Å²) in [5.74, 6) is 0.832. The average Bonchev–Trinajstić information content (AvgIpc) is 2.59. The Bertz CT molecular complexity index is 615. The summed E-state index contributed by atoms with van der Waals surface area (Å²) in [5, 5.41) is 0.818. The van der Waals surface area contributed by atoms with Gasteiger partial charge in [-0.3, -0.25) is 0 Å². The lowest BCUT2D eigenvalue weighted by Gasteiger charge is -2.11. The normalized spacial score (nSPS) is 17.5. The van der Waals surface area contributed by atoms with Gasteiger partial charge in [0.1, 0.15) is 11.3 Å². The fourth-order valence-corrected chi connectivity index (χ4v) is 2.56. The third-order valence-electron chi connectivity index (χ3n) is 3.67. The lowest BCUT2D eigenvalue weighted by molar-refractivity contribution is -0.137. The first-order valence-electron chi connectivity index (χ1n) is 6.25. The third kappa shape index (κ3) is 2.23. The van der Waals surface area contributed by atoms with Gasteiger partial charge in [-0.2, -0.15) is 13.2 Å². The molecule has 0 atom stereocenters. The van der Waals surface area contributed by atoms with Crippen molar-refractivity contribution in [1.29, 1.82) is 0 Å². The number of nitrogens with zero attached hydrogens (tertiary/aromatic N) is 1. The van der Waals surface area contributed by atoms with E-state index in [0.717, 1.165) is 54.8 Å². The van der Waals surface area contributed by atoms with Gasteiger partial charge in [0, 0.05) is 30.5 Å². The molecule has 1 aromatic heterocycles. The molecule has 2 aromatic rings. The van der Waals surface area contributed by atoms with Crippen LogP contribution in [0.3, 0.4) is 0 Å². The minimum Gasteiger partial charge on any atom is -0.461 e. The van der Waals surface area contributed by atoms with Crippen LogP contribution in [-0.4, -0.2) is 25.0 Å². The van der Waals surface area contributed by atoms with Crippen molar-refractivity contribution in [3.05, 3.63) is 35.1 Å². The zero-order valence-electron chi connectivity index (χ0n) is 10.5. The molecule has 0 amide bonds. The van der Waals surface area contributed by atoms with Crippen LogP contribution < -0.4 is 0 Å². The van der Waals surface area contributed by atoms with Gasteiger partial charge in [0.25, 0.3) is 0 Å². The van der Waals surface area contributed by atoms with E-state index in [4.69, 9.17) is 4.42 Å². The second-order valence-electron chi connectivity index (χ2n) is 5.02. The van der Waals surface area contributed by atoms with Gasteiger partial charge in [0.05, 0.1) is 5.56 Å². The molecule has 1 aromatic carbocycles. The largest absolute Gasteiger partial charge is 0.461 e. The van der Waals surface area contributed by atoms with Crippen LogP contribution in [-0.2, 0) is 19.0 Å². The van der Waals surface area contributed by atoms with Gasteiger partial charge in [-0.05, 0) is 25.6 Å². The number of rotatable bonds is 0. The Morgan fingerprint density at radius 3 is 2.63 bits per heavy atom. The average molecular weight is 269 g/mol. The molecule has 19 heavy (non-hydrogen) atoms. The van der Waals surface area contributed by atoms with E-state index in [2.05, 4.69) is 4.90 Å². The van der Waals surface area contributed by atoms with Crippen LogP contribution in [0.25, 0.3) is 11.0 Å². The van der Waals surface area contributed by atoms with E-state index in [0.29, 0.717) is 5.58 Å². The lowest BCUT2D eigenvalue weighted by atomic mass is 10.1. The number of furan rings is 1. The van der Waals surface area contributed by atoms with E-state index < -0.39 is 11.7 Å². The van der Waals surface area contributed by atoms with Gasteiger partial charge in [0.2, 0.25) is 0 Å². The van der Waals surface area contributed by atoms with Crippen LogP contribution in [0.15, 0.2) is 22.6 Å². The van der Waals surface area contributed by atoms with E-state index in [1.807, 2.05) is 7.05 Å². The molecule has 0 saturated heterocycles. The molecule has 0 fully saturated rings. The van der Waals surface area contributed by atoms with Crippen molar-refractivity contribution < 1.29 is 17.6 Å². The third-order valence-corrected chi connectivity index (χ3v) is 3.67. The molecule has 0 N–H and O–H groups in total. The highest BCUT2D eigenvalue weighted by molar-refractivity contribution is 5.83. The molecule has 0 spiro atoms. The van der Waals surface area contributed by atoms with Crippen LogP contribution in [0.4, 0.5) is 13.2 Å². The predicted molar refractivity (Wildman–Crippen MR) is 66.1 cm³/mol. The highest BCUT2D eigenvalue weighted by atomic mass is 19.4. The van der Waals surface area contributed by atoms with Gasteiger partial charge >= 0.3 is 6.18 Å². The van der Waals surface area contributed by atoms with Gasteiger partial charge in [-0.1, -0.05) is 6.07 Å². The number of hydrogen-bond acceptors (Lipinski definition) is 2. The summed E-state index contributed by atoms with van der Waals surface area (Å²) in [6, 6.07) is 3.77. The van der Waals surface area contributed by atoms with Crippen LogP contribution in [0, 0.1) is 0 Å². The summed E-state index contributed by atoms with van der Waals surface area (Å²) in [4.78, 5) is 2.20. The zero-order valence-corrected chi connectivity index (χ0v) is 10.5. The van der Waals surface area contributed by atoms with Crippen molar-refractivity contribution in [3.63, 3.8) is 0 Å². The number of benzene rings is 1. The van der Waals surface area contributed by atoms with Gasteiger partial charge in [-0.15, -0.1) is 0 Å². The monoisotopic (exact) mass is 269 g/mol. The Labute approximate surface area is 108 Å². The van der Waals surface area contributed by atoms with E-state index in [-0.39, 0.29) is 0 Å². The van der Waals surface area contributed by atoms with Crippen LogP contribution >= 0.6 is 0 Å². The second kappa shape index (κ2) is 4.27. The molecule has 0 bridgehead atoms. The van der Waals surface area contributed by atoms with Crippen LogP contribution in [0.2, 0.25) is 0 Å². The number of likely N-dealkylation sites (N-methyl/N-ethyl adjacent to an activating group) is 1. The van der Waals surface area contributed by atoms with Crippen molar-refractivity contribution in [3.8, 4) is 0 Å². The zero-order chi connectivity index (χ0) is 13.6. The second-order valence-corrected chi connectivity index (χ2v) is 5.02. The molecule has 1 aliphatic rings. The number of hydrogen-bond donors (Lipinski definition) is 0. The Kier molecular flexibility index (Phi) is 2.82. The minimum atomic E-state index is -4.32. The first-order valence-corrected chi connectivity index (χ1v) is 6.25. The summed E-state index contributed by atoms with van der Waals surface area (Å²) in [6.07, 6.45) is -2.75. The quantitative estimate of drug-likeness (QED) is 0.728. The summed E-state index contributed by atoms with van der Waals surface area (Å²) in [6.45, 7) is 1.78. The predicted octanol–water partition coefficient (Wildman–Crippen LogP) is 3.48. The Morgan fingerprint density at radius 2 is 1.89 bits per heavy atom. The Hall–Kier alpha value is -1.49. The molecule has 3 rings (SSSR count). The van der Waals surface area contributed by atoms with Crippen molar-refractivity contribution in [2.24, 2.45) is 0 Å². The van der Waals surface area contributed by atoms with E-state index in [1.54, 1.807) is 0 Å². The Morgan fingerprint density at radius 1 is 1.16 bits per heavy atom. The first-order chi connectivity index (χ1) is 8.95. The minimum absolute atomic E-state index is 0.351. The molecule has 1 aliphatic heterocycles. The van der Waals surface area contributed by atoms with Crippen molar-refractivity contribution in [1.82, 2.24) is 4.90 Å². The van der Waals surface area contributed by atoms with Crippen molar-refractivity contribution in [2.75, 3.05) is 20.1 Å². The maximum Gasteiger partial charge on any atom is 0.416 e. The maximum atomic E-state index is 12.7. The van der Waals surface area contributed by atoms with E-state index in [9.17, 15) is 13.2 Å². The van der Waals surface area contributed by atoms with Gasteiger partial charge in [0.15, 0.2) is 0 Å².